The molecular formula is C28H41N3O9. The fraction of sp³-hybridized carbons (Fsp3) is 0.643. The fourth-order valence-electron chi connectivity index (χ4n) is 4.43. The van der Waals surface area contributed by atoms with Gasteiger partial charge in [-0.2, -0.15) is 0 Å². The fourth-order valence-corrected chi connectivity index (χ4v) is 4.43. The minimum Gasteiger partial charge on any atom is -0.378 e. The molecule has 0 bridgehead atoms. The van der Waals surface area contributed by atoms with Crippen LogP contribution in [0.1, 0.15) is 60.3 Å². The van der Waals surface area contributed by atoms with Crippen LogP contribution in [0, 0.1) is 5.41 Å². The molecule has 0 aromatic heterocycles. The van der Waals surface area contributed by atoms with Crippen LogP contribution in [-0.2, 0) is 43.1 Å². The molecule has 1 aliphatic carbocycles. The summed E-state index contributed by atoms with van der Waals surface area (Å²) in [5.41, 5.74) is 0.946. The zero-order chi connectivity index (χ0) is 30.0. The van der Waals surface area contributed by atoms with Crippen LogP contribution >= 0.6 is 0 Å². The van der Waals surface area contributed by atoms with Gasteiger partial charge in [0.05, 0.1) is 32.8 Å². The molecule has 3 amide bonds. The van der Waals surface area contributed by atoms with Crippen molar-refractivity contribution in [3.05, 3.63) is 22.3 Å². The molecule has 1 fully saturated rings. The van der Waals surface area contributed by atoms with Gasteiger partial charge in [0.15, 0.2) is 11.6 Å². The van der Waals surface area contributed by atoms with Gasteiger partial charge in [-0.05, 0) is 20.8 Å². The van der Waals surface area contributed by atoms with E-state index in [0.717, 1.165) is 0 Å². The predicted octanol–water partition coefficient (Wildman–Crippen LogP) is 1.29. The zero-order valence-corrected chi connectivity index (χ0v) is 24.3. The molecule has 0 spiro atoms. The van der Waals surface area contributed by atoms with Crippen molar-refractivity contribution in [3.8, 4) is 0 Å². The maximum atomic E-state index is 12.9. The quantitative estimate of drug-likeness (QED) is 0.165. The van der Waals surface area contributed by atoms with Crippen molar-refractivity contribution in [2.45, 2.75) is 60.3 Å². The number of ether oxygens (including phenoxy) is 2. The molecule has 0 saturated carbocycles. The number of nitrogens with zero attached hydrogens (tertiary/aromatic N) is 2. The van der Waals surface area contributed by atoms with E-state index >= 15 is 0 Å². The first-order valence-electron chi connectivity index (χ1n) is 13.4. The lowest BCUT2D eigenvalue weighted by Gasteiger charge is -2.32. The van der Waals surface area contributed by atoms with Crippen molar-refractivity contribution >= 4 is 35.3 Å². The largest absolute Gasteiger partial charge is 0.378 e. The van der Waals surface area contributed by atoms with E-state index in [4.69, 9.17) is 14.3 Å². The SMILES string of the molecule is CC1=C(C)C(=O)C(C(C)(C)CC(=O)N(C)CCNCCOCCOCCC(=O)ON2C(=O)CCC2=O)=C(C)C1=O. The van der Waals surface area contributed by atoms with Crippen molar-refractivity contribution in [3.63, 3.8) is 0 Å². The molecular weight excluding hydrogens is 522 g/mol. The number of likely N-dealkylation sites (N-methyl/N-ethyl adjacent to an activating group) is 1. The molecule has 0 aromatic rings. The minimum atomic E-state index is -0.778. The summed E-state index contributed by atoms with van der Waals surface area (Å²) in [6.07, 6.45) is 0.108. The average Bonchev–Trinajstić information content (AvgIpc) is 3.20. The van der Waals surface area contributed by atoms with E-state index in [1.807, 2.05) is 13.8 Å². The third-order valence-corrected chi connectivity index (χ3v) is 6.95. The van der Waals surface area contributed by atoms with E-state index in [9.17, 15) is 28.8 Å². The van der Waals surface area contributed by atoms with Gasteiger partial charge >= 0.3 is 5.97 Å². The number of hydrogen-bond acceptors (Lipinski definition) is 10. The Bertz CT molecular complexity index is 1070. The van der Waals surface area contributed by atoms with Gasteiger partial charge in [0, 0.05) is 73.7 Å². The summed E-state index contributed by atoms with van der Waals surface area (Å²) in [7, 11) is 1.70. The average molecular weight is 564 g/mol. The van der Waals surface area contributed by atoms with Gasteiger partial charge in [-0.1, -0.05) is 13.8 Å². The second-order valence-corrected chi connectivity index (χ2v) is 10.6. The van der Waals surface area contributed by atoms with Crippen molar-refractivity contribution in [2.24, 2.45) is 5.41 Å². The Labute approximate surface area is 235 Å². The third kappa shape index (κ3) is 8.90. The van der Waals surface area contributed by atoms with Crippen molar-refractivity contribution < 1.29 is 43.1 Å². The monoisotopic (exact) mass is 563 g/mol. The van der Waals surface area contributed by atoms with Crippen LogP contribution in [0.25, 0.3) is 0 Å². The highest BCUT2D eigenvalue weighted by molar-refractivity contribution is 6.25. The van der Waals surface area contributed by atoms with E-state index in [-0.39, 0.29) is 56.4 Å². The van der Waals surface area contributed by atoms with Gasteiger partial charge in [-0.25, -0.2) is 4.79 Å². The number of allylic oxidation sites excluding steroid dienone is 4. The number of imide groups is 1. The van der Waals surface area contributed by atoms with Gasteiger partial charge in [0.2, 0.25) is 5.91 Å². The molecule has 1 heterocycles. The Kier molecular flexibility index (Phi) is 12.3. The number of ketones is 2. The van der Waals surface area contributed by atoms with E-state index in [1.165, 1.54) is 0 Å². The molecule has 2 rings (SSSR count). The molecule has 222 valence electrons. The molecule has 0 atom stereocenters. The Morgan fingerprint density at radius 1 is 0.850 bits per heavy atom. The van der Waals surface area contributed by atoms with Gasteiger partial charge in [0.1, 0.15) is 0 Å². The number of hydroxylamine groups is 2. The highest BCUT2D eigenvalue weighted by Gasteiger charge is 2.38. The highest BCUT2D eigenvalue weighted by Crippen LogP contribution is 2.39. The van der Waals surface area contributed by atoms with Crippen molar-refractivity contribution in [1.82, 2.24) is 15.3 Å². The van der Waals surface area contributed by atoms with Crippen LogP contribution in [-0.4, -0.2) is 98.3 Å². The first-order valence-corrected chi connectivity index (χ1v) is 13.4. The zero-order valence-electron chi connectivity index (χ0n) is 24.3. The van der Waals surface area contributed by atoms with Gasteiger partial charge in [0.25, 0.3) is 11.8 Å². The van der Waals surface area contributed by atoms with Crippen molar-refractivity contribution in [1.29, 1.82) is 0 Å². The Morgan fingerprint density at radius 3 is 2.05 bits per heavy atom. The van der Waals surface area contributed by atoms with Crippen LogP contribution in [0.5, 0.6) is 0 Å². The number of hydrogen-bond donors (Lipinski definition) is 1. The van der Waals surface area contributed by atoms with E-state index < -0.39 is 23.2 Å². The van der Waals surface area contributed by atoms with E-state index in [0.29, 0.717) is 60.2 Å². The van der Waals surface area contributed by atoms with Crippen LogP contribution in [0.2, 0.25) is 0 Å². The van der Waals surface area contributed by atoms with Crippen LogP contribution < -0.4 is 5.32 Å². The first kappa shape index (κ1) is 33.0. The topological polar surface area (TPSA) is 149 Å². The minimum absolute atomic E-state index is 0.0469. The molecule has 0 unspecified atom stereocenters. The van der Waals surface area contributed by atoms with Crippen LogP contribution in [0.15, 0.2) is 22.3 Å². The molecule has 1 aliphatic heterocycles. The lowest BCUT2D eigenvalue weighted by atomic mass is 9.71. The molecule has 1 N–H and O–H groups in total. The number of nitrogens with one attached hydrogen (secondary N) is 1. The highest BCUT2D eigenvalue weighted by atomic mass is 16.7. The molecule has 12 heteroatoms. The summed E-state index contributed by atoms with van der Waals surface area (Å²) >= 11 is 0. The number of rotatable bonds is 16. The summed E-state index contributed by atoms with van der Waals surface area (Å²) in [5.74, 6) is -2.19. The second kappa shape index (κ2) is 15.0. The van der Waals surface area contributed by atoms with Gasteiger partial charge < -0.3 is 24.5 Å². The Morgan fingerprint density at radius 2 is 1.43 bits per heavy atom. The third-order valence-electron chi connectivity index (χ3n) is 6.95. The van der Waals surface area contributed by atoms with Gasteiger partial charge in [-0.15, -0.1) is 5.06 Å². The molecule has 0 radical (unpaired) electrons. The maximum absolute atomic E-state index is 12.9. The van der Waals surface area contributed by atoms with E-state index in [1.54, 1.807) is 32.7 Å². The molecule has 12 nitrogen and oxygen atoms in total. The summed E-state index contributed by atoms with van der Waals surface area (Å²) in [6, 6.07) is 0. The van der Waals surface area contributed by atoms with Gasteiger partial charge in [-0.3, -0.25) is 24.0 Å². The Balaban J connectivity index is 1.56. The predicted molar refractivity (Wildman–Crippen MR) is 143 cm³/mol. The lowest BCUT2D eigenvalue weighted by molar-refractivity contribution is -0.198. The van der Waals surface area contributed by atoms with Crippen LogP contribution in [0.3, 0.4) is 0 Å². The van der Waals surface area contributed by atoms with E-state index in [2.05, 4.69) is 5.32 Å². The lowest BCUT2D eigenvalue weighted by Crippen LogP contribution is -2.39. The summed E-state index contributed by atoms with van der Waals surface area (Å²) < 4.78 is 10.8. The number of carbonyl (C=O) groups excluding carboxylic acids is 6. The van der Waals surface area contributed by atoms with Crippen molar-refractivity contribution in [2.75, 3.05) is 53.1 Å². The first-order chi connectivity index (χ1) is 18.8. The molecule has 0 aromatic carbocycles. The summed E-state index contributed by atoms with van der Waals surface area (Å²) in [5, 5.41) is 3.70. The standard InChI is InChI=1S/C28H41N3O9/c1-18-19(2)27(37)25(20(3)26(18)36)28(4,5)17-23(34)30(6)12-10-29-11-14-39-16-15-38-13-9-24(35)40-31-21(32)7-8-22(31)33/h29H,7-17H2,1-6H3. The second-order valence-electron chi connectivity index (χ2n) is 10.6. The summed E-state index contributed by atoms with van der Waals surface area (Å²) in [6.45, 7) is 11.3. The normalized spacial score (nSPS) is 16.4. The molecule has 2 aliphatic rings. The number of carbonyl (C=O) groups is 6. The number of amides is 3. The maximum Gasteiger partial charge on any atom is 0.335 e. The summed E-state index contributed by atoms with van der Waals surface area (Å²) in [4.78, 5) is 79.1. The number of Topliss-reactive ketones (excluding diaryl/α,β-unsaturated/α-hetero) is 2. The molecule has 40 heavy (non-hydrogen) atoms. The Hall–Kier alpha value is -3.22. The smallest absolute Gasteiger partial charge is 0.335 e. The molecule has 1 saturated heterocycles. The van der Waals surface area contributed by atoms with Crippen LogP contribution in [0.4, 0.5) is 0 Å².